The van der Waals surface area contributed by atoms with Gasteiger partial charge in [0.25, 0.3) is 0 Å². The fourth-order valence-electron chi connectivity index (χ4n) is 5.78. The highest BCUT2D eigenvalue weighted by molar-refractivity contribution is 6.14. The molecule has 7 rings (SSSR count). The smallest absolute Gasteiger partial charge is 0.404 e. The van der Waals surface area contributed by atoms with Crippen LogP contribution in [0.25, 0.3) is 55.4 Å². The molecule has 1 aromatic carbocycles. The first-order valence-electron chi connectivity index (χ1n) is 12.3. The van der Waals surface area contributed by atoms with Crippen molar-refractivity contribution in [1.82, 2.24) is 44.0 Å². The van der Waals surface area contributed by atoms with Gasteiger partial charge in [-0.2, -0.15) is 10.2 Å². The summed E-state index contributed by atoms with van der Waals surface area (Å²) in [6.07, 6.45) is 7.36. The Morgan fingerprint density at radius 3 is 2.63 bits per heavy atom. The van der Waals surface area contributed by atoms with Crippen LogP contribution in [-0.2, 0) is 21.1 Å². The molecule has 12 nitrogen and oxygen atoms in total. The Kier molecular flexibility index (Phi) is 4.59. The normalized spacial score (nSPS) is 17.4. The summed E-state index contributed by atoms with van der Waals surface area (Å²) in [6.45, 7) is 0. The van der Waals surface area contributed by atoms with E-state index in [9.17, 15) is 9.59 Å². The van der Waals surface area contributed by atoms with E-state index in [2.05, 4.69) is 32.6 Å². The number of fused-ring (bicyclic) bond motifs is 4. The lowest BCUT2D eigenvalue weighted by Crippen LogP contribution is -2.46. The zero-order valence-electron chi connectivity index (χ0n) is 21.0. The first-order chi connectivity index (χ1) is 18.3. The standard InChI is InChI=1S/C26H25N9O3/c1-32-12-15(10-28-32)22-20(13-4-5-18-14(6-13)9-29-34(18)3)21-23-19(11-27-24(21)31-22)33(2)26(38)35(23)17-7-16(8-17)30-25(36)37/h4-6,9-12,16-17,30H,7-8H2,1-3H3,(H,27,31)(H,36,37). The van der Waals surface area contributed by atoms with Crippen LogP contribution in [0.3, 0.4) is 0 Å². The van der Waals surface area contributed by atoms with E-state index in [0.29, 0.717) is 18.5 Å². The molecule has 1 aliphatic rings. The summed E-state index contributed by atoms with van der Waals surface area (Å²) in [7, 11) is 5.53. The van der Waals surface area contributed by atoms with Gasteiger partial charge in [-0.3, -0.25) is 18.5 Å². The number of aromatic amines is 1. The minimum absolute atomic E-state index is 0.126. The Labute approximate surface area is 215 Å². The van der Waals surface area contributed by atoms with Gasteiger partial charge in [0.1, 0.15) is 5.65 Å². The van der Waals surface area contributed by atoms with Gasteiger partial charge in [0.15, 0.2) is 0 Å². The number of pyridine rings is 1. The lowest BCUT2D eigenvalue weighted by atomic mass is 9.86. The molecular weight excluding hydrogens is 486 g/mol. The summed E-state index contributed by atoms with van der Waals surface area (Å²) in [5.74, 6) is 0. The molecule has 6 aromatic rings. The molecule has 1 fully saturated rings. The summed E-state index contributed by atoms with van der Waals surface area (Å²) in [6, 6.07) is 5.90. The number of amides is 1. The molecule has 0 atom stereocenters. The number of nitrogens with one attached hydrogen (secondary N) is 2. The molecule has 0 spiro atoms. The van der Waals surface area contributed by atoms with Crippen molar-refractivity contribution >= 4 is 39.1 Å². The van der Waals surface area contributed by atoms with Crippen molar-refractivity contribution in [3.05, 3.63) is 53.5 Å². The largest absolute Gasteiger partial charge is 0.465 e. The number of nitrogens with zero attached hydrogens (tertiary/aromatic N) is 7. The van der Waals surface area contributed by atoms with Crippen LogP contribution < -0.4 is 11.0 Å². The third-order valence-corrected chi connectivity index (χ3v) is 7.71. The highest BCUT2D eigenvalue weighted by atomic mass is 16.4. The molecule has 0 radical (unpaired) electrons. The molecule has 1 amide bonds. The first kappa shape index (κ1) is 22.3. The molecule has 0 unspecified atom stereocenters. The quantitative estimate of drug-likeness (QED) is 0.332. The van der Waals surface area contributed by atoms with Crippen LogP contribution in [0.4, 0.5) is 4.79 Å². The zero-order valence-corrected chi connectivity index (χ0v) is 21.0. The van der Waals surface area contributed by atoms with Gasteiger partial charge >= 0.3 is 11.8 Å². The number of hydrogen-bond donors (Lipinski definition) is 3. The third-order valence-electron chi connectivity index (χ3n) is 7.71. The van der Waals surface area contributed by atoms with Crippen molar-refractivity contribution in [2.24, 2.45) is 21.1 Å². The number of carboxylic acid groups (broad SMARTS) is 1. The van der Waals surface area contributed by atoms with Crippen molar-refractivity contribution in [3.8, 4) is 22.4 Å². The third kappa shape index (κ3) is 3.12. The van der Waals surface area contributed by atoms with Crippen molar-refractivity contribution in [2.75, 3.05) is 0 Å². The van der Waals surface area contributed by atoms with Gasteiger partial charge in [-0.05, 0) is 30.5 Å². The molecule has 38 heavy (non-hydrogen) atoms. The van der Waals surface area contributed by atoms with E-state index in [1.807, 2.05) is 41.8 Å². The van der Waals surface area contributed by atoms with Crippen LogP contribution >= 0.6 is 0 Å². The van der Waals surface area contributed by atoms with Crippen LogP contribution in [-0.4, -0.2) is 55.9 Å². The summed E-state index contributed by atoms with van der Waals surface area (Å²) in [4.78, 5) is 32.9. The van der Waals surface area contributed by atoms with E-state index in [4.69, 9.17) is 10.1 Å². The summed E-state index contributed by atoms with van der Waals surface area (Å²) in [5, 5.41) is 22.3. The molecule has 0 bridgehead atoms. The molecule has 0 aliphatic heterocycles. The average molecular weight is 512 g/mol. The Morgan fingerprint density at radius 2 is 1.89 bits per heavy atom. The molecular formula is C26H25N9O3. The molecule has 1 aliphatic carbocycles. The Balaban J connectivity index is 1.54. The van der Waals surface area contributed by atoms with E-state index < -0.39 is 6.09 Å². The number of hydrogen-bond acceptors (Lipinski definition) is 5. The average Bonchev–Trinajstić information content (AvgIpc) is 3.61. The van der Waals surface area contributed by atoms with E-state index in [0.717, 1.165) is 49.7 Å². The Hall–Kier alpha value is -4.87. The summed E-state index contributed by atoms with van der Waals surface area (Å²) >= 11 is 0. The molecule has 192 valence electrons. The fourth-order valence-corrected chi connectivity index (χ4v) is 5.78. The van der Waals surface area contributed by atoms with Gasteiger partial charge in [-0.1, -0.05) is 6.07 Å². The van der Waals surface area contributed by atoms with Gasteiger partial charge in [0.2, 0.25) is 0 Å². The van der Waals surface area contributed by atoms with Crippen molar-refractivity contribution < 1.29 is 9.90 Å². The van der Waals surface area contributed by atoms with Crippen LogP contribution in [0.5, 0.6) is 0 Å². The number of aromatic nitrogens is 8. The number of aryl methyl sites for hydroxylation is 3. The second-order valence-electron chi connectivity index (χ2n) is 10.0. The topological polar surface area (TPSA) is 141 Å². The maximum absolute atomic E-state index is 13.5. The van der Waals surface area contributed by atoms with E-state index in [-0.39, 0.29) is 17.8 Å². The van der Waals surface area contributed by atoms with E-state index in [1.54, 1.807) is 28.7 Å². The molecule has 5 heterocycles. The van der Waals surface area contributed by atoms with Gasteiger partial charge in [0.05, 0.1) is 46.2 Å². The summed E-state index contributed by atoms with van der Waals surface area (Å²) in [5.41, 5.74) is 6.69. The highest BCUT2D eigenvalue weighted by Crippen LogP contribution is 2.43. The monoisotopic (exact) mass is 511 g/mol. The Bertz CT molecular complexity index is 1960. The maximum Gasteiger partial charge on any atom is 0.404 e. The SMILES string of the molecule is Cn1cc(-c2[nH]c3ncc4c(c3c2-c2ccc3c(cnn3C)c2)n(C2CC(NC(=O)O)C2)c(=O)n4C)cn1. The number of H-pyrrole nitrogens is 1. The zero-order chi connectivity index (χ0) is 26.3. The van der Waals surface area contributed by atoms with Crippen LogP contribution in [0.1, 0.15) is 18.9 Å². The first-order valence-corrected chi connectivity index (χ1v) is 12.3. The van der Waals surface area contributed by atoms with Gasteiger partial charge in [0, 0.05) is 55.9 Å². The molecule has 12 heteroatoms. The second-order valence-corrected chi connectivity index (χ2v) is 10.0. The summed E-state index contributed by atoms with van der Waals surface area (Å²) < 4.78 is 7.01. The lowest BCUT2D eigenvalue weighted by Gasteiger charge is -2.35. The predicted octanol–water partition coefficient (Wildman–Crippen LogP) is 3.14. The molecule has 3 N–H and O–H groups in total. The molecule has 0 saturated heterocycles. The van der Waals surface area contributed by atoms with E-state index >= 15 is 0 Å². The van der Waals surface area contributed by atoms with Gasteiger partial charge in [-0.15, -0.1) is 0 Å². The van der Waals surface area contributed by atoms with Gasteiger partial charge < -0.3 is 15.4 Å². The van der Waals surface area contributed by atoms with Crippen molar-refractivity contribution in [1.29, 1.82) is 0 Å². The highest BCUT2D eigenvalue weighted by Gasteiger charge is 2.35. The number of benzene rings is 1. The maximum atomic E-state index is 13.5. The minimum Gasteiger partial charge on any atom is -0.465 e. The number of carbonyl (C=O) groups is 1. The second kappa shape index (κ2) is 7.81. The number of rotatable bonds is 4. The lowest BCUT2D eigenvalue weighted by molar-refractivity contribution is 0.167. The number of imidazole rings is 1. The van der Waals surface area contributed by atoms with Crippen LogP contribution in [0.15, 0.2) is 47.8 Å². The van der Waals surface area contributed by atoms with Gasteiger partial charge in [-0.25, -0.2) is 14.6 Å². The Morgan fingerprint density at radius 1 is 1.08 bits per heavy atom. The van der Waals surface area contributed by atoms with Crippen LogP contribution in [0.2, 0.25) is 0 Å². The van der Waals surface area contributed by atoms with Crippen molar-refractivity contribution in [2.45, 2.75) is 24.9 Å². The van der Waals surface area contributed by atoms with E-state index in [1.165, 1.54) is 0 Å². The van der Waals surface area contributed by atoms with Crippen molar-refractivity contribution in [3.63, 3.8) is 0 Å². The predicted molar refractivity (Wildman–Crippen MR) is 142 cm³/mol. The molecule has 5 aromatic heterocycles. The molecule has 1 saturated carbocycles. The fraction of sp³-hybridized carbons (Fsp3) is 0.269. The minimum atomic E-state index is -1.05. The van der Waals surface area contributed by atoms with Crippen LogP contribution in [0, 0.1) is 0 Å².